The number of phenolic OH excluding ortho intramolecular Hbond substituents is 1. The number of hydrogen-bond acceptors (Lipinski definition) is 2. The van der Waals surface area contributed by atoms with E-state index >= 15 is 0 Å². The molecule has 3 N–H and O–H groups in total. The predicted molar refractivity (Wildman–Crippen MR) is 148 cm³/mol. The first-order valence-corrected chi connectivity index (χ1v) is 14.5. The molecule has 0 aliphatic heterocycles. The van der Waals surface area contributed by atoms with Crippen LogP contribution in [0.1, 0.15) is 142 Å². The Balaban J connectivity index is 1.79. The van der Waals surface area contributed by atoms with Crippen molar-refractivity contribution in [2.24, 2.45) is 0 Å². The fourth-order valence-electron chi connectivity index (χ4n) is 4.54. The molecule has 1 atom stereocenters. The summed E-state index contributed by atoms with van der Waals surface area (Å²) < 4.78 is 0. The van der Waals surface area contributed by atoms with Gasteiger partial charge in [0.25, 0.3) is 0 Å². The van der Waals surface area contributed by atoms with Crippen molar-refractivity contribution in [3.8, 4) is 5.75 Å². The third-order valence-electron chi connectivity index (χ3n) is 6.74. The molecule has 0 aromatic heterocycles. The summed E-state index contributed by atoms with van der Waals surface area (Å²) in [6.45, 7) is 4.35. The fourth-order valence-corrected chi connectivity index (χ4v) is 4.54. The SMILES string of the molecule is CCCCCCCCCCCCCCCCCCCCCC(C)NC(=O)Nc1ccc(O)cc1. The van der Waals surface area contributed by atoms with Gasteiger partial charge in [0.15, 0.2) is 0 Å². The molecule has 196 valence electrons. The first-order chi connectivity index (χ1) is 16.6. The second kappa shape index (κ2) is 21.8. The molecule has 0 spiro atoms. The summed E-state index contributed by atoms with van der Waals surface area (Å²) in [7, 11) is 0. The van der Waals surface area contributed by atoms with Gasteiger partial charge in [0.1, 0.15) is 5.75 Å². The zero-order valence-corrected chi connectivity index (χ0v) is 22.4. The summed E-state index contributed by atoms with van der Waals surface area (Å²) in [6, 6.07) is 6.50. The number of amides is 2. The summed E-state index contributed by atoms with van der Waals surface area (Å²) in [5.41, 5.74) is 0.686. The van der Waals surface area contributed by atoms with Crippen molar-refractivity contribution in [1.29, 1.82) is 0 Å². The summed E-state index contributed by atoms with van der Waals surface area (Å²) in [5, 5.41) is 15.1. The lowest BCUT2D eigenvalue weighted by Crippen LogP contribution is -2.36. The average molecular weight is 475 g/mol. The molecule has 1 unspecified atom stereocenters. The normalized spacial score (nSPS) is 11.9. The molecule has 0 fully saturated rings. The molecule has 0 saturated carbocycles. The number of hydrogen-bond donors (Lipinski definition) is 3. The molecule has 4 heteroatoms. The lowest BCUT2D eigenvalue weighted by molar-refractivity contribution is 0.248. The predicted octanol–water partition coefficient (Wildman–Crippen LogP) is 9.72. The van der Waals surface area contributed by atoms with Gasteiger partial charge < -0.3 is 15.7 Å². The van der Waals surface area contributed by atoms with Crippen LogP contribution in [0.5, 0.6) is 5.75 Å². The molecule has 0 aliphatic carbocycles. The Morgan fingerprint density at radius 2 is 1.06 bits per heavy atom. The quantitative estimate of drug-likeness (QED) is 0.116. The van der Waals surface area contributed by atoms with Crippen molar-refractivity contribution >= 4 is 11.7 Å². The molecule has 0 aliphatic rings. The van der Waals surface area contributed by atoms with Gasteiger partial charge in [-0.05, 0) is 37.6 Å². The van der Waals surface area contributed by atoms with Crippen LogP contribution in [0.2, 0.25) is 0 Å². The smallest absolute Gasteiger partial charge is 0.319 e. The van der Waals surface area contributed by atoms with Crippen LogP contribution < -0.4 is 10.6 Å². The summed E-state index contributed by atoms with van der Waals surface area (Å²) in [5.74, 6) is 0.198. The van der Waals surface area contributed by atoms with E-state index in [1.54, 1.807) is 24.3 Å². The van der Waals surface area contributed by atoms with Gasteiger partial charge in [-0.3, -0.25) is 0 Å². The number of unbranched alkanes of at least 4 members (excludes halogenated alkanes) is 18. The second-order valence-corrected chi connectivity index (χ2v) is 10.2. The Morgan fingerprint density at radius 1 is 0.676 bits per heavy atom. The number of nitrogens with one attached hydrogen (secondary N) is 2. The van der Waals surface area contributed by atoms with E-state index in [0.29, 0.717) is 5.69 Å². The number of rotatable bonds is 22. The minimum Gasteiger partial charge on any atom is -0.508 e. The third kappa shape index (κ3) is 18.7. The summed E-state index contributed by atoms with van der Waals surface area (Å²) in [4.78, 5) is 12.0. The molecule has 34 heavy (non-hydrogen) atoms. The number of carbonyl (C=O) groups is 1. The maximum Gasteiger partial charge on any atom is 0.319 e. The van der Waals surface area contributed by atoms with Crippen LogP contribution >= 0.6 is 0 Å². The van der Waals surface area contributed by atoms with E-state index in [-0.39, 0.29) is 17.8 Å². The highest BCUT2D eigenvalue weighted by Crippen LogP contribution is 2.16. The van der Waals surface area contributed by atoms with E-state index in [1.165, 1.54) is 122 Å². The third-order valence-corrected chi connectivity index (χ3v) is 6.74. The first kappa shape index (κ1) is 30.3. The van der Waals surface area contributed by atoms with Crippen molar-refractivity contribution in [2.75, 3.05) is 5.32 Å². The number of phenols is 1. The molecule has 2 amide bonds. The number of benzene rings is 1. The minimum absolute atomic E-state index is 0.169. The van der Waals surface area contributed by atoms with Gasteiger partial charge in [-0.15, -0.1) is 0 Å². The Labute approximate surface area is 210 Å². The zero-order chi connectivity index (χ0) is 24.7. The highest BCUT2D eigenvalue weighted by Gasteiger charge is 2.07. The topological polar surface area (TPSA) is 61.4 Å². The van der Waals surface area contributed by atoms with Crippen LogP contribution in [-0.4, -0.2) is 17.2 Å². The number of anilines is 1. The van der Waals surface area contributed by atoms with E-state index < -0.39 is 0 Å². The highest BCUT2D eigenvalue weighted by molar-refractivity contribution is 5.89. The van der Waals surface area contributed by atoms with E-state index in [9.17, 15) is 9.90 Å². The van der Waals surface area contributed by atoms with Crippen LogP contribution in [0, 0.1) is 0 Å². The molecular weight excluding hydrogens is 420 g/mol. The van der Waals surface area contributed by atoms with E-state index in [0.717, 1.165) is 6.42 Å². The largest absolute Gasteiger partial charge is 0.508 e. The Morgan fingerprint density at radius 3 is 1.47 bits per heavy atom. The Kier molecular flexibility index (Phi) is 19.4. The average Bonchev–Trinajstić information content (AvgIpc) is 2.82. The van der Waals surface area contributed by atoms with Crippen molar-refractivity contribution < 1.29 is 9.90 Å². The molecule has 0 heterocycles. The molecule has 0 saturated heterocycles. The fraction of sp³-hybridized carbons (Fsp3) is 0.767. The maximum atomic E-state index is 12.0. The molecular formula is C30H54N2O2. The van der Waals surface area contributed by atoms with Crippen molar-refractivity contribution in [3.05, 3.63) is 24.3 Å². The Bertz CT molecular complexity index is 588. The van der Waals surface area contributed by atoms with Gasteiger partial charge in [0.2, 0.25) is 0 Å². The number of urea groups is 1. The van der Waals surface area contributed by atoms with E-state index in [1.807, 2.05) is 0 Å². The van der Waals surface area contributed by atoms with Crippen LogP contribution in [0.25, 0.3) is 0 Å². The standard InChI is InChI=1S/C30H54N2O2/c1-3-4-5-6-7-8-9-10-11-12-13-14-15-16-17-18-19-20-21-22-27(2)31-30(34)32-28-23-25-29(33)26-24-28/h23-27,33H,3-22H2,1-2H3,(H2,31,32,34). The van der Waals surface area contributed by atoms with E-state index in [4.69, 9.17) is 0 Å². The molecule has 0 bridgehead atoms. The van der Waals surface area contributed by atoms with Gasteiger partial charge in [-0.25, -0.2) is 4.79 Å². The summed E-state index contributed by atoms with van der Waals surface area (Å²) in [6.07, 6.45) is 27.5. The van der Waals surface area contributed by atoms with Crippen molar-refractivity contribution in [1.82, 2.24) is 5.32 Å². The van der Waals surface area contributed by atoms with Crippen LogP contribution in [-0.2, 0) is 0 Å². The van der Waals surface area contributed by atoms with Crippen molar-refractivity contribution in [3.63, 3.8) is 0 Å². The van der Waals surface area contributed by atoms with Gasteiger partial charge >= 0.3 is 6.03 Å². The molecule has 1 aromatic carbocycles. The van der Waals surface area contributed by atoms with E-state index in [2.05, 4.69) is 24.5 Å². The van der Waals surface area contributed by atoms with Gasteiger partial charge in [0, 0.05) is 11.7 Å². The van der Waals surface area contributed by atoms with Crippen molar-refractivity contribution in [2.45, 2.75) is 148 Å². The number of aromatic hydroxyl groups is 1. The molecule has 1 aromatic rings. The van der Waals surface area contributed by atoms with Gasteiger partial charge in [-0.2, -0.15) is 0 Å². The van der Waals surface area contributed by atoms with Crippen LogP contribution in [0.15, 0.2) is 24.3 Å². The monoisotopic (exact) mass is 474 g/mol. The van der Waals surface area contributed by atoms with Crippen LogP contribution in [0.3, 0.4) is 0 Å². The molecule has 4 nitrogen and oxygen atoms in total. The number of carbonyl (C=O) groups excluding carboxylic acids is 1. The summed E-state index contributed by atoms with van der Waals surface area (Å²) >= 11 is 0. The van der Waals surface area contributed by atoms with Gasteiger partial charge in [0.05, 0.1) is 0 Å². The lowest BCUT2D eigenvalue weighted by Gasteiger charge is -2.14. The highest BCUT2D eigenvalue weighted by atomic mass is 16.3. The van der Waals surface area contributed by atoms with Gasteiger partial charge in [-0.1, -0.05) is 129 Å². The maximum absolute atomic E-state index is 12.0. The zero-order valence-electron chi connectivity index (χ0n) is 22.4. The van der Waals surface area contributed by atoms with Crippen LogP contribution in [0.4, 0.5) is 10.5 Å². The Hall–Kier alpha value is -1.71. The minimum atomic E-state index is -0.184. The molecule has 0 radical (unpaired) electrons. The second-order valence-electron chi connectivity index (χ2n) is 10.2. The molecule has 1 rings (SSSR count). The first-order valence-electron chi connectivity index (χ1n) is 14.5. The lowest BCUT2D eigenvalue weighted by atomic mass is 10.0.